The summed E-state index contributed by atoms with van der Waals surface area (Å²) in [4.78, 5) is 0. The first kappa shape index (κ1) is 11.5. The predicted octanol–water partition coefficient (Wildman–Crippen LogP) is 2.86. The van der Waals surface area contributed by atoms with Gasteiger partial charge in [-0.05, 0) is 57.8 Å². The third kappa shape index (κ3) is 2.99. The Morgan fingerprint density at radius 2 is 2.06 bits per heavy atom. The molecule has 16 heavy (non-hydrogen) atoms. The average molecular weight is 218 g/mol. The molecule has 1 aliphatic heterocycles. The number of hydrogen-bond donors (Lipinski definition) is 2. The van der Waals surface area contributed by atoms with E-state index in [1.165, 1.54) is 42.6 Å². The van der Waals surface area contributed by atoms with E-state index < -0.39 is 0 Å². The van der Waals surface area contributed by atoms with E-state index in [0.717, 1.165) is 6.54 Å². The van der Waals surface area contributed by atoms with Crippen molar-refractivity contribution >= 4 is 5.69 Å². The highest BCUT2D eigenvalue weighted by atomic mass is 14.9. The minimum atomic E-state index is 0.636. The number of nitrogens with one attached hydrogen (secondary N) is 2. The summed E-state index contributed by atoms with van der Waals surface area (Å²) in [6.07, 6.45) is 3.79. The second-order valence-corrected chi connectivity index (χ2v) is 4.84. The van der Waals surface area contributed by atoms with Gasteiger partial charge in [0.2, 0.25) is 0 Å². The lowest BCUT2D eigenvalue weighted by molar-refractivity contribution is 0.637. The quantitative estimate of drug-likeness (QED) is 0.797. The molecule has 1 saturated heterocycles. The summed E-state index contributed by atoms with van der Waals surface area (Å²) >= 11 is 0. The van der Waals surface area contributed by atoms with Crippen molar-refractivity contribution in [2.45, 2.75) is 39.2 Å². The van der Waals surface area contributed by atoms with Crippen molar-refractivity contribution in [2.24, 2.45) is 0 Å². The average Bonchev–Trinajstić information content (AvgIpc) is 2.51. The fourth-order valence-corrected chi connectivity index (χ4v) is 2.36. The molecule has 0 saturated carbocycles. The first-order chi connectivity index (χ1) is 7.75. The van der Waals surface area contributed by atoms with E-state index in [1.807, 2.05) is 0 Å². The molecule has 0 bridgehead atoms. The minimum Gasteiger partial charge on any atom is -0.382 e. The molecule has 1 atom stereocenters. The van der Waals surface area contributed by atoms with Crippen LogP contribution in [0.5, 0.6) is 0 Å². The van der Waals surface area contributed by atoms with Gasteiger partial charge in [0.1, 0.15) is 0 Å². The standard InChI is InChI=1S/C14H22N2/c1-11-5-6-14(12(2)10-11)16-13-4-3-8-15-9-7-13/h5-6,10,13,15-16H,3-4,7-9H2,1-2H3. The molecule has 1 heterocycles. The lowest BCUT2D eigenvalue weighted by Gasteiger charge is -2.19. The van der Waals surface area contributed by atoms with Crippen LogP contribution in [0.25, 0.3) is 0 Å². The zero-order valence-corrected chi connectivity index (χ0v) is 10.3. The maximum atomic E-state index is 3.68. The van der Waals surface area contributed by atoms with Gasteiger partial charge in [0.15, 0.2) is 0 Å². The van der Waals surface area contributed by atoms with E-state index in [9.17, 15) is 0 Å². The molecule has 2 nitrogen and oxygen atoms in total. The van der Waals surface area contributed by atoms with E-state index in [0.29, 0.717) is 6.04 Å². The minimum absolute atomic E-state index is 0.636. The van der Waals surface area contributed by atoms with Crippen LogP contribution in [0.3, 0.4) is 0 Å². The molecule has 0 radical (unpaired) electrons. The van der Waals surface area contributed by atoms with Gasteiger partial charge in [0.05, 0.1) is 0 Å². The van der Waals surface area contributed by atoms with E-state index in [4.69, 9.17) is 0 Å². The van der Waals surface area contributed by atoms with Gasteiger partial charge in [0.25, 0.3) is 0 Å². The van der Waals surface area contributed by atoms with Crippen molar-refractivity contribution in [3.8, 4) is 0 Å². The van der Waals surface area contributed by atoms with Gasteiger partial charge < -0.3 is 10.6 Å². The summed E-state index contributed by atoms with van der Waals surface area (Å²) in [7, 11) is 0. The summed E-state index contributed by atoms with van der Waals surface area (Å²) < 4.78 is 0. The highest BCUT2D eigenvalue weighted by molar-refractivity contribution is 5.52. The van der Waals surface area contributed by atoms with Crippen LogP contribution in [0, 0.1) is 13.8 Å². The Labute approximate surface area is 98.4 Å². The molecule has 1 aromatic carbocycles. The van der Waals surface area contributed by atoms with Crippen LogP contribution < -0.4 is 10.6 Å². The van der Waals surface area contributed by atoms with Gasteiger partial charge in [-0.2, -0.15) is 0 Å². The summed E-state index contributed by atoms with van der Waals surface area (Å²) in [5, 5.41) is 7.12. The predicted molar refractivity (Wildman–Crippen MR) is 70.0 cm³/mol. The molecule has 1 unspecified atom stereocenters. The van der Waals surface area contributed by atoms with Gasteiger partial charge in [-0.1, -0.05) is 17.7 Å². The Hall–Kier alpha value is -1.02. The molecule has 0 spiro atoms. The zero-order valence-electron chi connectivity index (χ0n) is 10.3. The van der Waals surface area contributed by atoms with Crippen LogP contribution in [0.4, 0.5) is 5.69 Å². The summed E-state index contributed by atoms with van der Waals surface area (Å²) in [5.74, 6) is 0. The maximum Gasteiger partial charge on any atom is 0.0372 e. The molecule has 88 valence electrons. The van der Waals surface area contributed by atoms with Crippen molar-refractivity contribution < 1.29 is 0 Å². The van der Waals surface area contributed by atoms with Crippen molar-refractivity contribution in [3.05, 3.63) is 29.3 Å². The van der Waals surface area contributed by atoms with Gasteiger partial charge in [0, 0.05) is 11.7 Å². The molecular formula is C14H22N2. The van der Waals surface area contributed by atoms with Crippen LogP contribution >= 0.6 is 0 Å². The molecule has 0 aliphatic carbocycles. The molecule has 0 amide bonds. The number of rotatable bonds is 2. The van der Waals surface area contributed by atoms with Crippen LogP contribution in [-0.4, -0.2) is 19.1 Å². The molecule has 1 aliphatic rings. The van der Waals surface area contributed by atoms with Crippen LogP contribution in [-0.2, 0) is 0 Å². The second kappa shape index (κ2) is 5.35. The van der Waals surface area contributed by atoms with Gasteiger partial charge >= 0.3 is 0 Å². The molecule has 2 rings (SSSR count). The molecule has 2 N–H and O–H groups in total. The van der Waals surface area contributed by atoms with Crippen LogP contribution in [0.1, 0.15) is 30.4 Å². The number of anilines is 1. The van der Waals surface area contributed by atoms with Crippen molar-refractivity contribution in [1.29, 1.82) is 0 Å². The van der Waals surface area contributed by atoms with Gasteiger partial charge in [-0.3, -0.25) is 0 Å². The van der Waals surface area contributed by atoms with Crippen LogP contribution in [0.2, 0.25) is 0 Å². The maximum absolute atomic E-state index is 3.68. The molecule has 0 aromatic heterocycles. The summed E-state index contributed by atoms with van der Waals surface area (Å²) in [6.45, 7) is 6.64. The monoisotopic (exact) mass is 218 g/mol. The Morgan fingerprint density at radius 1 is 1.19 bits per heavy atom. The second-order valence-electron chi connectivity index (χ2n) is 4.84. The van der Waals surface area contributed by atoms with Crippen molar-refractivity contribution in [2.75, 3.05) is 18.4 Å². The van der Waals surface area contributed by atoms with Crippen molar-refractivity contribution in [3.63, 3.8) is 0 Å². The molecular weight excluding hydrogens is 196 g/mol. The van der Waals surface area contributed by atoms with Gasteiger partial charge in [-0.25, -0.2) is 0 Å². The van der Waals surface area contributed by atoms with E-state index in [1.54, 1.807) is 0 Å². The van der Waals surface area contributed by atoms with E-state index in [-0.39, 0.29) is 0 Å². The lowest BCUT2D eigenvalue weighted by atomic mass is 10.1. The third-order valence-electron chi connectivity index (χ3n) is 3.32. The highest BCUT2D eigenvalue weighted by Crippen LogP contribution is 2.19. The van der Waals surface area contributed by atoms with Crippen molar-refractivity contribution in [1.82, 2.24) is 5.32 Å². The van der Waals surface area contributed by atoms with Crippen LogP contribution in [0.15, 0.2) is 18.2 Å². The first-order valence-corrected chi connectivity index (χ1v) is 6.30. The number of aryl methyl sites for hydroxylation is 2. The number of hydrogen-bond acceptors (Lipinski definition) is 2. The smallest absolute Gasteiger partial charge is 0.0372 e. The highest BCUT2D eigenvalue weighted by Gasteiger charge is 2.12. The largest absolute Gasteiger partial charge is 0.382 e. The summed E-state index contributed by atoms with van der Waals surface area (Å²) in [6, 6.07) is 7.28. The third-order valence-corrected chi connectivity index (χ3v) is 3.32. The fraction of sp³-hybridized carbons (Fsp3) is 0.571. The molecule has 2 heteroatoms. The Bertz CT molecular complexity index is 339. The van der Waals surface area contributed by atoms with E-state index >= 15 is 0 Å². The topological polar surface area (TPSA) is 24.1 Å². The Kier molecular flexibility index (Phi) is 3.83. The Balaban J connectivity index is 2.01. The zero-order chi connectivity index (χ0) is 11.4. The summed E-state index contributed by atoms with van der Waals surface area (Å²) in [5.41, 5.74) is 4.00. The molecule has 1 aromatic rings. The first-order valence-electron chi connectivity index (χ1n) is 6.30. The normalized spacial score (nSPS) is 21.5. The number of benzene rings is 1. The van der Waals surface area contributed by atoms with E-state index in [2.05, 4.69) is 42.7 Å². The molecule has 1 fully saturated rings. The lowest BCUT2D eigenvalue weighted by Crippen LogP contribution is -2.21. The fourth-order valence-electron chi connectivity index (χ4n) is 2.36. The van der Waals surface area contributed by atoms with Gasteiger partial charge in [-0.15, -0.1) is 0 Å². The SMILES string of the molecule is Cc1ccc(NC2CCCNCC2)c(C)c1. The Morgan fingerprint density at radius 3 is 2.88 bits per heavy atom.